The molecule has 0 bridgehead atoms. The number of rotatable bonds is 2. The highest BCUT2D eigenvalue weighted by atomic mass is 79.9. The van der Waals surface area contributed by atoms with Gasteiger partial charge in [-0.3, -0.25) is 4.79 Å². The summed E-state index contributed by atoms with van der Waals surface area (Å²) in [5.74, 6) is -0.122. The first-order valence-corrected chi connectivity index (χ1v) is 7.04. The second-order valence-electron chi connectivity index (χ2n) is 4.61. The Balaban J connectivity index is 1.78. The average molecular weight is 317 g/mol. The highest BCUT2D eigenvalue weighted by molar-refractivity contribution is 9.10. The number of nitrogens with one attached hydrogen (secondary N) is 1. The molecule has 0 radical (unpaired) electrons. The summed E-state index contributed by atoms with van der Waals surface area (Å²) in [4.78, 5) is 16.3. The quantitative estimate of drug-likeness (QED) is 0.864. The lowest BCUT2D eigenvalue weighted by Crippen LogP contribution is -2.27. The Bertz CT molecular complexity index is 627. The van der Waals surface area contributed by atoms with Gasteiger partial charge in [-0.2, -0.15) is 0 Å². The Morgan fingerprint density at radius 3 is 2.89 bits per heavy atom. The lowest BCUT2D eigenvalue weighted by Gasteiger charge is -2.13. The smallest absolute Gasteiger partial charge is 0.270 e. The number of carbonyl (C=O) groups is 1. The minimum atomic E-state index is -0.122. The van der Waals surface area contributed by atoms with Gasteiger partial charge in [0.15, 0.2) is 0 Å². The first-order chi connectivity index (χ1) is 9.24. The van der Waals surface area contributed by atoms with Crippen LogP contribution in [0.25, 0.3) is 0 Å². The number of nitrogens with zero attached hydrogens (tertiary/aromatic N) is 1. The first-order valence-electron chi connectivity index (χ1n) is 6.25. The Morgan fingerprint density at radius 1 is 1.21 bits per heavy atom. The predicted octanol–water partition coefficient (Wildman–Crippen LogP) is 3.26. The van der Waals surface area contributed by atoms with E-state index in [4.69, 9.17) is 0 Å². The topological polar surface area (TPSA) is 42.0 Å². The van der Waals surface area contributed by atoms with Crippen LogP contribution in [-0.2, 0) is 6.42 Å². The van der Waals surface area contributed by atoms with Gasteiger partial charge in [-0.15, -0.1) is 0 Å². The standard InChI is InChI=1S/C15H13BrN2O/c16-14-7-3-6-13(17-14)15(19)18-12-9-8-10-4-1-2-5-11(10)12/h1-7,12H,8-9H2,(H,18,19). The highest BCUT2D eigenvalue weighted by Crippen LogP contribution is 2.30. The van der Waals surface area contributed by atoms with E-state index >= 15 is 0 Å². The van der Waals surface area contributed by atoms with Crippen LogP contribution in [0.1, 0.15) is 34.1 Å². The Morgan fingerprint density at radius 2 is 2.05 bits per heavy atom. The third-order valence-electron chi connectivity index (χ3n) is 3.39. The molecule has 0 spiro atoms. The van der Waals surface area contributed by atoms with Crippen LogP contribution >= 0.6 is 15.9 Å². The molecule has 1 heterocycles. The fourth-order valence-electron chi connectivity index (χ4n) is 2.47. The minimum absolute atomic E-state index is 0.101. The van der Waals surface area contributed by atoms with Gasteiger partial charge >= 0.3 is 0 Å². The van der Waals surface area contributed by atoms with Crippen molar-refractivity contribution in [3.63, 3.8) is 0 Å². The third kappa shape index (κ3) is 2.54. The van der Waals surface area contributed by atoms with Gasteiger partial charge in [-0.05, 0) is 52.0 Å². The zero-order chi connectivity index (χ0) is 13.2. The number of hydrogen-bond donors (Lipinski definition) is 1. The SMILES string of the molecule is O=C(NC1CCc2ccccc21)c1cccc(Br)n1. The number of benzene rings is 1. The summed E-state index contributed by atoms with van der Waals surface area (Å²) in [6.45, 7) is 0. The van der Waals surface area contributed by atoms with Crippen molar-refractivity contribution in [3.05, 3.63) is 63.9 Å². The summed E-state index contributed by atoms with van der Waals surface area (Å²) in [5, 5.41) is 3.06. The maximum atomic E-state index is 12.2. The van der Waals surface area contributed by atoms with E-state index in [9.17, 15) is 4.79 Å². The highest BCUT2D eigenvalue weighted by Gasteiger charge is 2.24. The van der Waals surface area contributed by atoms with Crippen LogP contribution < -0.4 is 5.32 Å². The summed E-state index contributed by atoms with van der Waals surface area (Å²) >= 11 is 3.28. The fourth-order valence-corrected chi connectivity index (χ4v) is 2.82. The van der Waals surface area contributed by atoms with Gasteiger partial charge in [0.25, 0.3) is 5.91 Å². The van der Waals surface area contributed by atoms with E-state index in [1.807, 2.05) is 24.3 Å². The minimum Gasteiger partial charge on any atom is -0.344 e. The zero-order valence-corrected chi connectivity index (χ0v) is 11.9. The number of pyridine rings is 1. The molecule has 1 atom stereocenters. The fraction of sp³-hybridized carbons (Fsp3) is 0.200. The van der Waals surface area contributed by atoms with Gasteiger partial charge < -0.3 is 5.32 Å². The molecule has 1 aliphatic carbocycles. The lowest BCUT2D eigenvalue weighted by atomic mass is 10.1. The molecule has 1 unspecified atom stereocenters. The molecule has 1 N–H and O–H groups in total. The van der Waals surface area contributed by atoms with Crippen LogP contribution in [0, 0.1) is 0 Å². The predicted molar refractivity (Wildman–Crippen MR) is 76.9 cm³/mol. The van der Waals surface area contributed by atoms with E-state index in [0.29, 0.717) is 10.3 Å². The van der Waals surface area contributed by atoms with Gasteiger partial charge in [0, 0.05) is 0 Å². The van der Waals surface area contributed by atoms with E-state index in [1.165, 1.54) is 11.1 Å². The Hall–Kier alpha value is -1.68. The van der Waals surface area contributed by atoms with Crippen molar-refractivity contribution in [2.24, 2.45) is 0 Å². The van der Waals surface area contributed by atoms with Crippen LogP contribution in [0.15, 0.2) is 47.1 Å². The summed E-state index contributed by atoms with van der Waals surface area (Å²) in [7, 11) is 0. The first kappa shape index (κ1) is 12.4. The van der Waals surface area contributed by atoms with Crippen LogP contribution in [0.5, 0.6) is 0 Å². The van der Waals surface area contributed by atoms with Gasteiger partial charge in [-0.25, -0.2) is 4.98 Å². The molecular weight excluding hydrogens is 304 g/mol. The van der Waals surface area contributed by atoms with Crippen molar-refractivity contribution in [1.29, 1.82) is 0 Å². The molecule has 1 aliphatic rings. The summed E-state index contributed by atoms with van der Waals surface area (Å²) < 4.78 is 0.673. The number of aromatic nitrogens is 1. The zero-order valence-electron chi connectivity index (χ0n) is 10.3. The maximum absolute atomic E-state index is 12.2. The molecule has 0 aliphatic heterocycles. The molecule has 0 fully saturated rings. The van der Waals surface area contributed by atoms with Crippen LogP contribution in [0.3, 0.4) is 0 Å². The number of aryl methyl sites for hydroxylation is 1. The van der Waals surface area contributed by atoms with Gasteiger partial charge in [0.05, 0.1) is 6.04 Å². The van der Waals surface area contributed by atoms with E-state index in [1.54, 1.807) is 6.07 Å². The second-order valence-corrected chi connectivity index (χ2v) is 5.42. The molecule has 0 saturated carbocycles. The van der Waals surface area contributed by atoms with Crippen molar-refractivity contribution >= 4 is 21.8 Å². The average Bonchev–Trinajstić information content (AvgIpc) is 2.82. The van der Waals surface area contributed by atoms with E-state index in [2.05, 4.69) is 38.4 Å². The molecule has 1 amide bonds. The molecule has 1 aromatic carbocycles. The van der Waals surface area contributed by atoms with Gasteiger partial charge in [-0.1, -0.05) is 30.3 Å². The van der Waals surface area contributed by atoms with Crippen LogP contribution in [-0.4, -0.2) is 10.9 Å². The molecule has 3 nitrogen and oxygen atoms in total. The third-order valence-corrected chi connectivity index (χ3v) is 3.83. The van der Waals surface area contributed by atoms with Crippen molar-refractivity contribution < 1.29 is 4.79 Å². The number of carbonyl (C=O) groups excluding carboxylic acids is 1. The molecule has 0 saturated heterocycles. The van der Waals surface area contributed by atoms with Crippen LogP contribution in [0.2, 0.25) is 0 Å². The van der Waals surface area contributed by atoms with Crippen molar-refractivity contribution in [1.82, 2.24) is 10.3 Å². The van der Waals surface area contributed by atoms with Crippen LogP contribution in [0.4, 0.5) is 0 Å². The van der Waals surface area contributed by atoms with E-state index < -0.39 is 0 Å². The Labute approximate surface area is 120 Å². The van der Waals surface area contributed by atoms with Gasteiger partial charge in [0.1, 0.15) is 10.3 Å². The second kappa shape index (κ2) is 5.13. The van der Waals surface area contributed by atoms with E-state index in [-0.39, 0.29) is 11.9 Å². The molecule has 19 heavy (non-hydrogen) atoms. The maximum Gasteiger partial charge on any atom is 0.270 e. The summed E-state index contributed by atoms with van der Waals surface area (Å²) in [6.07, 6.45) is 1.98. The summed E-state index contributed by atoms with van der Waals surface area (Å²) in [6, 6.07) is 13.7. The monoisotopic (exact) mass is 316 g/mol. The van der Waals surface area contributed by atoms with Crippen molar-refractivity contribution in [2.45, 2.75) is 18.9 Å². The van der Waals surface area contributed by atoms with Gasteiger partial charge in [0.2, 0.25) is 0 Å². The molecule has 4 heteroatoms. The number of amides is 1. The molecule has 2 aromatic rings. The van der Waals surface area contributed by atoms with Crippen molar-refractivity contribution in [2.75, 3.05) is 0 Å². The van der Waals surface area contributed by atoms with Crippen molar-refractivity contribution in [3.8, 4) is 0 Å². The number of hydrogen-bond acceptors (Lipinski definition) is 2. The Kier molecular flexibility index (Phi) is 3.34. The lowest BCUT2D eigenvalue weighted by molar-refractivity contribution is 0.0931. The molecule has 96 valence electrons. The number of fused-ring (bicyclic) bond motifs is 1. The molecule has 3 rings (SSSR count). The molecule has 1 aromatic heterocycles. The number of halogens is 1. The normalized spacial score (nSPS) is 17.0. The molecular formula is C15H13BrN2O. The van der Waals surface area contributed by atoms with E-state index in [0.717, 1.165) is 12.8 Å². The summed E-state index contributed by atoms with van der Waals surface area (Å²) in [5.41, 5.74) is 3.00. The largest absolute Gasteiger partial charge is 0.344 e.